The van der Waals surface area contributed by atoms with E-state index in [1.165, 1.54) is 6.08 Å². The normalized spacial score (nSPS) is 24.6. The second kappa shape index (κ2) is 8.64. The molecule has 2 amide bonds. The molecular formula is C29H35N5O2. The van der Waals surface area contributed by atoms with Crippen LogP contribution in [-0.2, 0) is 16.1 Å². The van der Waals surface area contributed by atoms with Crippen molar-refractivity contribution in [3.8, 4) is 0 Å². The lowest BCUT2D eigenvalue weighted by atomic mass is 9.64. The van der Waals surface area contributed by atoms with Crippen LogP contribution in [-0.4, -0.2) is 47.4 Å². The van der Waals surface area contributed by atoms with E-state index in [9.17, 15) is 9.59 Å². The van der Waals surface area contributed by atoms with Crippen molar-refractivity contribution < 1.29 is 9.59 Å². The van der Waals surface area contributed by atoms with E-state index in [4.69, 9.17) is 0 Å². The molecular weight excluding hydrogens is 450 g/mol. The van der Waals surface area contributed by atoms with Crippen molar-refractivity contribution in [3.63, 3.8) is 0 Å². The number of anilines is 4. The van der Waals surface area contributed by atoms with Crippen LogP contribution in [0.2, 0.25) is 0 Å². The molecule has 7 nitrogen and oxygen atoms in total. The van der Waals surface area contributed by atoms with Gasteiger partial charge in [0, 0.05) is 49.0 Å². The third-order valence-corrected chi connectivity index (χ3v) is 8.49. The predicted octanol–water partition coefficient (Wildman–Crippen LogP) is 4.72. The SMILES string of the molecule is C=CC(=O)N1C[C@H]2CCC1CN(c1ccc3c(c1)N(C(=O)C1CC(C)(C)C1)Cc1cccnc1N3)C2. The van der Waals surface area contributed by atoms with Crippen LogP contribution >= 0.6 is 0 Å². The van der Waals surface area contributed by atoms with E-state index in [1.807, 2.05) is 21.9 Å². The molecule has 1 saturated carbocycles. The molecule has 4 aliphatic heterocycles. The van der Waals surface area contributed by atoms with Gasteiger partial charge < -0.3 is 20.0 Å². The zero-order valence-electron chi connectivity index (χ0n) is 21.2. The van der Waals surface area contributed by atoms with E-state index >= 15 is 0 Å². The number of aromatic nitrogens is 1. The van der Waals surface area contributed by atoms with Gasteiger partial charge in [0.25, 0.3) is 0 Å². The molecule has 3 saturated heterocycles. The summed E-state index contributed by atoms with van der Waals surface area (Å²) in [6.45, 7) is 11.2. The molecule has 5 aliphatic rings. The molecule has 1 aliphatic carbocycles. The molecule has 36 heavy (non-hydrogen) atoms. The Morgan fingerprint density at radius 2 is 1.97 bits per heavy atom. The average Bonchev–Trinajstić information content (AvgIpc) is 3.26. The molecule has 7 heteroatoms. The number of benzene rings is 1. The van der Waals surface area contributed by atoms with Gasteiger partial charge >= 0.3 is 0 Å². The number of amides is 2. The average molecular weight is 486 g/mol. The Kier molecular flexibility index (Phi) is 5.54. The van der Waals surface area contributed by atoms with Crippen molar-refractivity contribution in [3.05, 3.63) is 54.7 Å². The summed E-state index contributed by atoms with van der Waals surface area (Å²) in [6, 6.07) is 10.6. The highest BCUT2D eigenvalue weighted by atomic mass is 16.2. The highest BCUT2D eigenvalue weighted by Gasteiger charge is 2.43. The molecule has 188 valence electrons. The minimum absolute atomic E-state index is 0.0307. The lowest BCUT2D eigenvalue weighted by molar-refractivity contribution is -0.130. The van der Waals surface area contributed by atoms with Gasteiger partial charge in [-0.1, -0.05) is 26.5 Å². The number of carbonyl (C=O) groups is 2. The van der Waals surface area contributed by atoms with Crippen LogP contribution in [0.15, 0.2) is 49.2 Å². The Balaban J connectivity index is 1.34. The maximum absolute atomic E-state index is 13.8. The summed E-state index contributed by atoms with van der Waals surface area (Å²) >= 11 is 0. The number of fused-ring (bicyclic) bond motifs is 6. The predicted molar refractivity (Wildman–Crippen MR) is 142 cm³/mol. The van der Waals surface area contributed by atoms with Crippen LogP contribution in [0.3, 0.4) is 0 Å². The van der Waals surface area contributed by atoms with Gasteiger partial charge in [-0.05, 0) is 67.4 Å². The standard InChI is InChI=1S/C29H35N5O2/c1-4-26(35)33-16-19-7-8-23(33)18-32(15-19)22-9-10-24-25(12-22)34(28(36)21-13-29(2,3)14-21)17-20-6-5-11-30-27(20)31-24/h4-6,9-12,19,21,23H,1,7-8,13-18H2,2-3H3,(H,30,31)/t19-,23?/m0/s1. The van der Waals surface area contributed by atoms with Crippen LogP contribution in [0, 0.1) is 17.3 Å². The fourth-order valence-electron chi connectivity index (χ4n) is 6.65. The lowest BCUT2D eigenvalue weighted by Crippen LogP contribution is -2.46. The number of nitrogens with one attached hydrogen (secondary N) is 1. The third-order valence-electron chi connectivity index (χ3n) is 8.49. The van der Waals surface area contributed by atoms with E-state index in [-0.39, 0.29) is 29.2 Å². The number of rotatable bonds is 3. The molecule has 0 spiro atoms. The number of hydrogen-bond donors (Lipinski definition) is 1. The number of nitrogens with zero attached hydrogens (tertiary/aromatic N) is 4. The Morgan fingerprint density at radius 3 is 2.75 bits per heavy atom. The first-order valence-corrected chi connectivity index (χ1v) is 13.2. The van der Waals surface area contributed by atoms with Gasteiger partial charge in [0.2, 0.25) is 11.8 Å². The highest BCUT2D eigenvalue weighted by molar-refractivity contribution is 6.00. The van der Waals surface area contributed by atoms with Crippen molar-refractivity contribution in [2.45, 2.75) is 52.1 Å². The number of hydrogen-bond acceptors (Lipinski definition) is 5. The van der Waals surface area contributed by atoms with Crippen molar-refractivity contribution in [2.75, 3.05) is 34.8 Å². The summed E-state index contributed by atoms with van der Waals surface area (Å²) in [7, 11) is 0. The summed E-state index contributed by atoms with van der Waals surface area (Å²) in [5.74, 6) is 1.53. The fourth-order valence-corrected chi connectivity index (χ4v) is 6.65. The van der Waals surface area contributed by atoms with Crippen LogP contribution in [0.25, 0.3) is 0 Å². The molecule has 1 aromatic heterocycles. The van der Waals surface area contributed by atoms with Gasteiger partial charge in [-0.3, -0.25) is 9.59 Å². The van der Waals surface area contributed by atoms with Gasteiger partial charge in [-0.15, -0.1) is 0 Å². The molecule has 1 aromatic carbocycles. The first-order valence-electron chi connectivity index (χ1n) is 13.2. The zero-order chi connectivity index (χ0) is 25.0. The van der Waals surface area contributed by atoms with E-state index < -0.39 is 0 Å². The lowest BCUT2D eigenvalue weighted by Gasteiger charge is -2.43. The van der Waals surface area contributed by atoms with Crippen molar-refractivity contribution in [2.24, 2.45) is 17.3 Å². The van der Waals surface area contributed by atoms with E-state index in [0.29, 0.717) is 12.5 Å². The molecule has 2 aromatic rings. The fraction of sp³-hybridized carbons (Fsp3) is 0.483. The summed E-state index contributed by atoms with van der Waals surface area (Å²) in [6.07, 6.45) is 7.24. The summed E-state index contributed by atoms with van der Waals surface area (Å²) in [4.78, 5) is 37.2. The number of pyridine rings is 1. The Labute approximate surface area is 213 Å². The van der Waals surface area contributed by atoms with Crippen LogP contribution < -0.4 is 15.1 Å². The molecule has 5 heterocycles. The summed E-state index contributed by atoms with van der Waals surface area (Å²) < 4.78 is 0. The van der Waals surface area contributed by atoms with Gasteiger partial charge in [0.05, 0.1) is 17.9 Å². The second-order valence-corrected chi connectivity index (χ2v) is 11.7. The first-order chi connectivity index (χ1) is 17.3. The molecule has 0 radical (unpaired) electrons. The second-order valence-electron chi connectivity index (χ2n) is 11.7. The topological polar surface area (TPSA) is 68.8 Å². The van der Waals surface area contributed by atoms with E-state index in [2.05, 4.69) is 53.8 Å². The molecule has 1 unspecified atom stereocenters. The molecule has 2 bridgehead atoms. The van der Waals surface area contributed by atoms with Crippen LogP contribution in [0.1, 0.15) is 45.1 Å². The third kappa shape index (κ3) is 4.04. The smallest absolute Gasteiger partial charge is 0.246 e. The number of carbonyl (C=O) groups excluding carboxylic acids is 2. The minimum atomic E-state index is 0.0307. The van der Waals surface area contributed by atoms with Gasteiger partial charge in [0.1, 0.15) is 5.82 Å². The highest BCUT2D eigenvalue weighted by Crippen LogP contribution is 2.47. The van der Waals surface area contributed by atoms with Gasteiger partial charge in [-0.25, -0.2) is 4.98 Å². The van der Waals surface area contributed by atoms with Crippen molar-refractivity contribution in [1.82, 2.24) is 9.88 Å². The zero-order valence-corrected chi connectivity index (χ0v) is 21.2. The molecule has 4 fully saturated rings. The monoisotopic (exact) mass is 485 g/mol. The first kappa shape index (κ1) is 23.1. The maximum atomic E-state index is 13.8. The van der Waals surface area contributed by atoms with Crippen LogP contribution in [0.5, 0.6) is 0 Å². The molecule has 1 N–H and O–H groups in total. The Hall–Kier alpha value is -3.35. The van der Waals surface area contributed by atoms with Crippen molar-refractivity contribution in [1.29, 1.82) is 0 Å². The van der Waals surface area contributed by atoms with E-state index in [1.54, 1.807) is 6.20 Å². The quantitative estimate of drug-likeness (QED) is 0.637. The number of piperidine rings is 1. The molecule has 7 rings (SSSR count). The molecule has 2 atom stereocenters. The van der Waals surface area contributed by atoms with Gasteiger partial charge in [0.15, 0.2) is 0 Å². The van der Waals surface area contributed by atoms with Gasteiger partial charge in [-0.2, -0.15) is 0 Å². The summed E-state index contributed by atoms with van der Waals surface area (Å²) in [5.41, 5.74) is 4.18. The van der Waals surface area contributed by atoms with E-state index in [0.717, 1.165) is 73.8 Å². The largest absolute Gasteiger partial charge is 0.369 e. The maximum Gasteiger partial charge on any atom is 0.246 e. The minimum Gasteiger partial charge on any atom is -0.369 e. The summed E-state index contributed by atoms with van der Waals surface area (Å²) in [5, 5.41) is 3.49. The van der Waals surface area contributed by atoms with Crippen LogP contribution in [0.4, 0.5) is 22.9 Å². The Morgan fingerprint density at radius 1 is 1.14 bits per heavy atom. The Bertz CT molecular complexity index is 1220. The van der Waals surface area contributed by atoms with Crippen molar-refractivity contribution >= 4 is 34.7 Å².